The highest BCUT2D eigenvalue weighted by atomic mass is 15.0. The van der Waals surface area contributed by atoms with E-state index in [4.69, 9.17) is 0 Å². The Bertz CT molecular complexity index is 4060. The molecule has 0 unspecified atom stereocenters. The Labute approximate surface area is 397 Å². The van der Waals surface area contributed by atoms with Gasteiger partial charge in [0.25, 0.3) is 0 Å². The molecule has 0 aliphatic heterocycles. The number of fused-ring (bicyclic) bond motifs is 12. The van der Waals surface area contributed by atoms with Crippen molar-refractivity contribution in [3.63, 3.8) is 0 Å². The summed E-state index contributed by atoms with van der Waals surface area (Å²) in [4.78, 5) is 0. The molecule has 0 saturated carbocycles. The van der Waals surface area contributed by atoms with Crippen LogP contribution < -0.4 is 0 Å². The number of hydrogen-bond acceptors (Lipinski definition) is 0. The van der Waals surface area contributed by atoms with Crippen molar-refractivity contribution >= 4 is 43.6 Å². The Kier molecular flexibility index (Phi) is 8.12. The molecule has 2 nitrogen and oxygen atoms in total. The number of nitrogens with zero attached hydrogens (tertiary/aromatic N) is 2. The first-order valence-corrected chi connectivity index (χ1v) is 24.0. The van der Waals surface area contributed by atoms with Gasteiger partial charge in [-0.15, -0.1) is 0 Å². The van der Waals surface area contributed by atoms with E-state index in [2.05, 4.69) is 255 Å². The van der Waals surface area contributed by atoms with Gasteiger partial charge in [0, 0.05) is 43.7 Å². The van der Waals surface area contributed by atoms with Gasteiger partial charge in [0.05, 0.1) is 22.1 Å². The van der Waals surface area contributed by atoms with Crippen LogP contribution in [0.15, 0.2) is 218 Å². The fourth-order valence-electron chi connectivity index (χ4n) is 12.3. The van der Waals surface area contributed by atoms with Gasteiger partial charge >= 0.3 is 0 Å². The second-order valence-corrected chi connectivity index (χ2v) is 20.1. The Morgan fingerprint density at radius 1 is 0.250 bits per heavy atom. The van der Waals surface area contributed by atoms with Crippen LogP contribution in [0.3, 0.4) is 0 Å². The van der Waals surface area contributed by atoms with Gasteiger partial charge in [-0.1, -0.05) is 167 Å². The quantitative estimate of drug-likeness (QED) is 0.163. The monoisotopic (exact) mass is 868 g/mol. The Hall–Kier alpha value is -8.20. The molecule has 0 atom stereocenters. The molecule has 0 bridgehead atoms. The highest BCUT2D eigenvalue weighted by Gasteiger charge is 2.37. The van der Waals surface area contributed by atoms with Gasteiger partial charge in [-0.05, 0) is 157 Å². The molecule has 0 fully saturated rings. The standard InChI is InChI=1S/C66H48N2/c1-65(2)57-24-14-11-21-49(57)51-30-27-44(38-59(51)65)42-28-31-63-55(36-42)56-39-53-50-22-12-15-25-58(50)66(3,4)60(53)40-64(56)68(63)48-34-45(41-17-7-5-8-18-41)33-46(35-48)43-29-32-62-54(37-43)52-23-13-16-26-61(52)67(62)47-19-9-6-10-20-47/h5-40H,1-4H3. The molecule has 0 radical (unpaired) electrons. The van der Waals surface area contributed by atoms with Crippen LogP contribution in [-0.4, -0.2) is 9.13 Å². The molecule has 68 heavy (non-hydrogen) atoms. The van der Waals surface area contributed by atoms with Crippen molar-refractivity contribution < 1.29 is 0 Å². The molecule has 0 amide bonds. The van der Waals surface area contributed by atoms with Gasteiger partial charge in [-0.3, -0.25) is 0 Å². The Morgan fingerprint density at radius 3 is 1.43 bits per heavy atom. The molecule has 2 heteroatoms. The molecule has 0 spiro atoms. The zero-order valence-electron chi connectivity index (χ0n) is 38.7. The van der Waals surface area contributed by atoms with Gasteiger partial charge in [-0.2, -0.15) is 0 Å². The first-order chi connectivity index (χ1) is 33.2. The van der Waals surface area contributed by atoms with Crippen LogP contribution in [0.2, 0.25) is 0 Å². The van der Waals surface area contributed by atoms with Crippen molar-refractivity contribution in [2.24, 2.45) is 0 Å². The van der Waals surface area contributed by atoms with Crippen molar-refractivity contribution in [1.29, 1.82) is 0 Å². The van der Waals surface area contributed by atoms with E-state index >= 15 is 0 Å². The lowest BCUT2D eigenvalue weighted by Gasteiger charge is -2.22. The van der Waals surface area contributed by atoms with Crippen LogP contribution in [0.5, 0.6) is 0 Å². The fraction of sp³-hybridized carbons (Fsp3) is 0.0909. The fourth-order valence-corrected chi connectivity index (χ4v) is 12.3. The lowest BCUT2D eigenvalue weighted by molar-refractivity contribution is 0.660. The summed E-state index contributed by atoms with van der Waals surface area (Å²) in [5.41, 5.74) is 25.1. The zero-order valence-corrected chi connectivity index (χ0v) is 38.7. The summed E-state index contributed by atoms with van der Waals surface area (Å²) >= 11 is 0. The van der Waals surface area contributed by atoms with Crippen LogP contribution in [0.1, 0.15) is 49.9 Å². The SMILES string of the molecule is CC1(C)c2ccccc2-c2ccc(-c3ccc4c(c3)c3cc5c(cc3n4-c3cc(-c4ccccc4)cc(-c4ccc6c(c4)c4ccccc4n6-c4ccccc4)c3)C(C)(C)c3ccccc3-5)cc21. The first kappa shape index (κ1) is 39.0. The van der Waals surface area contributed by atoms with E-state index in [0.717, 1.165) is 11.4 Å². The van der Waals surface area contributed by atoms with Gasteiger partial charge < -0.3 is 9.13 Å². The Balaban J connectivity index is 1.01. The summed E-state index contributed by atoms with van der Waals surface area (Å²) in [6.45, 7) is 9.52. The van der Waals surface area contributed by atoms with Crippen LogP contribution in [0.4, 0.5) is 0 Å². The van der Waals surface area contributed by atoms with E-state index in [1.54, 1.807) is 0 Å². The highest BCUT2D eigenvalue weighted by Crippen LogP contribution is 2.53. The summed E-state index contributed by atoms with van der Waals surface area (Å²) in [7, 11) is 0. The summed E-state index contributed by atoms with van der Waals surface area (Å²) in [5.74, 6) is 0. The van der Waals surface area contributed by atoms with E-state index in [0.29, 0.717) is 0 Å². The van der Waals surface area contributed by atoms with Gasteiger partial charge in [0.1, 0.15) is 0 Å². The number of benzene rings is 10. The molecule has 14 rings (SSSR count). The number of hydrogen-bond donors (Lipinski definition) is 0. The van der Waals surface area contributed by atoms with E-state index in [1.807, 2.05) is 0 Å². The lowest BCUT2D eigenvalue weighted by atomic mass is 9.81. The van der Waals surface area contributed by atoms with Crippen molar-refractivity contribution in [2.75, 3.05) is 0 Å². The van der Waals surface area contributed by atoms with E-state index in [-0.39, 0.29) is 10.8 Å². The molecule has 2 aliphatic carbocycles. The number of rotatable bonds is 5. The molecule has 0 N–H and O–H groups in total. The minimum Gasteiger partial charge on any atom is -0.309 e. The van der Waals surface area contributed by atoms with Crippen LogP contribution in [-0.2, 0) is 10.8 Å². The molecule has 2 aliphatic rings. The maximum Gasteiger partial charge on any atom is 0.0544 e. The first-order valence-electron chi connectivity index (χ1n) is 24.0. The topological polar surface area (TPSA) is 9.86 Å². The molecule has 2 aromatic heterocycles. The summed E-state index contributed by atoms with van der Waals surface area (Å²) < 4.78 is 4.94. The average molecular weight is 869 g/mol. The maximum atomic E-state index is 2.55. The van der Waals surface area contributed by atoms with Crippen LogP contribution in [0.25, 0.3) is 111 Å². The summed E-state index contributed by atoms with van der Waals surface area (Å²) in [6.07, 6.45) is 0. The minimum absolute atomic E-state index is 0.0756. The van der Waals surface area contributed by atoms with Crippen LogP contribution in [0, 0.1) is 0 Å². The van der Waals surface area contributed by atoms with E-state index < -0.39 is 0 Å². The van der Waals surface area contributed by atoms with E-state index in [9.17, 15) is 0 Å². The molecule has 0 saturated heterocycles. The third-order valence-corrected chi connectivity index (χ3v) is 15.7. The van der Waals surface area contributed by atoms with Crippen molar-refractivity contribution in [3.8, 4) is 67.0 Å². The lowest BCUT2D eigenvalue weighted by Crippen LogP contribution is -2.15. The third kappa shape index (κ3) is 5.52. The molecule has 12 aromatic rings. The van der Waals surface area contributed by atoms with Crippen molar-refractivity contribution in [2.45, 2.75) is 38.5 Å². The molecular formula is C66H48N2. The zero-order chi connectivity index (χ0) is 45.5. The second kappa shape index (κ2) is 14.2. The predicted octanol–water partition coefficient (Wildman–Crippen LogP) is 17.5. The molecular weight excluding hydrogens is 821 g/mol. The van der Waals surface area contributed by atoms with E-state index in [1.165, 1.54) is 122 Å². The predicted molar refractivity (Wildman–Crippen MR) is 287 cm³/mol. The van der Waals surface area contributed by atoms with Crippen molar-refractivity contribution in [3.05, 3.63) is 241 Å². The van der Waals surface area contributed by atoms with Gasteiger partial charge in [0.2, 0.25) is 0 Å². The van der Waals surface area contributed by atoms with Crippen LogP contribution >= 0.6 is 0 Å². The highest BCUT2D eigenvalue weighted by molar-refractivity contribution is 6.14. The Morgan fingerprint density at radius 2 is 0.721 bits per heavy atom. The van der Waals surface area contributed by atoms with Gasteiger partial charge in [-0.25, -0.2) is 0 Å². The number of para-hydroxylation sites is 2. The molecule has 2 heterocycles. The summed E-state index contributed by atoms with van der Waals surface area (Å²) in [6, 6.07) is 81.9. The largest absolute Gasteiger partial charge is 0.309 e. The van der Waals surface area contributed by atoms with Crippen molar-refractivity contribution in [1.82, 2.24) is 9.13 Å². The third-order valence-electron chi connectivity index (χ3n) is 15.7. The average Bonchev–Trinajstić information content (AvgIpc) is 4.04. The normalized spacial score (nSPS) is 14.1. The smallest absolute Gasteiger partial charge is 0.0544 e. The number of aromatic nitrogens is 2. The van der Waals surface area contributed by atoms with Gasteiger partial charge in [0.15, 0.2) is 0 Å². The summed E-state index contributed by atoms with van der Waals surface area (Å²) in [5, 5.41) is 5.02. The maximum absolute atomic E-state index is 2.55. The second-order valence-electron chi connectivity index (χ2n) is 20.1. The molecule has 10 aromatic carbocycles. The minimum atomic E-state index is -0.146. The molecule has 322 valence electrons.